The van der Waals surface area contributed by atoms with Gasteiger partial charge in [-0.3, -0.25) is 4.79 Å². The van der Waals surface area contributed by atoms with Crippen molar-refractivity contribution in [1.82, 2.24) is 10.2 Å². The van der Waals surface area contributed by atoms with Gasteiger partial charge in [0.15, 0.2) is 0 Å². The molecular weight excluding hydrogens is 244 g/mol. The molecule has 4 heteroatoms. The topological polar surface area (TPSA) is 32.3 Å². The summed E-state index contributed by atoms with van der Waals surface area (Å²) in [6.07, 6.45) is 0. The van der Waals surface area contributed by atoms with E-state index < -0.39 is 0 Å². The first-order valence-corrected chi connectivity index (χ1v) is 7.15. The molecule has 1 aromatic rings. The van der Waals surface area contributed by atoms with Crippen LogP contribution in [-0.2, 0) is 4.75 Å². The molecule has 0 radical (unpaired) electrons. The SMILES string of the molecule is CC(C)(SC(=O)N1CCNCC1)c1ccccc1. The molecule has 3 nitrogen and oxygen atoms in total. The van der Waals surface area contributed by atoms with Crippen molar-refractivity contribution in [2.24, 2.45) is 0 Å². The van der Waals surface area contributed by atoms with Gasteiger partial charge in [-0.25, -0.2) is 0 Å². The van der Waals surface area contributed by atoms with E-state index in [2.05, 4.69) is 31.3 Å². The third-order valence-electron chi connectivity index (χ3n) is 3.19. The Morgan fingerprint density at radius 3 is 2.44 bits per heavy atom. The lowest BCUT2D eigenvalue weighted by atomic mass is 10.0. The predicted octanol–water partition coefficient (Wildman–Crippen LogP) is 2.68. The molecule has 0 spiro atoms. The van der Waals surface area contributed by atoms with Crippen LogP contribution in [0.25, 0.3) is 0 Å². The van der Waals surface area contributed by atoms with Gasteiger partial charge in [0.05, 0.1) is 0 Å². The molecule has 1 amide bonds. The second-order valence-corrected chi connectivity index (χ2v) is 6.56. The van der Waals surface area contributed by atoms with E-state index in [1.165, 1.54) is 17.3 Å². The summed E-state index contributed by atoms with van der Waals surface area (Å²) < 4.78 is -0.177. The van der Waals surface area contributed by atoms with Crippen molar-refractivity contribution in [1.29, 1.82) is 0 Å². The van der Waals surface area contributed by atoms with Crippen LogP contribution >= 0.6 is 11.8 Å². The van der Waals surface area contributed by atoms with Crippen LogP contribution in [0.1, 0.15) is 19.4 Å². The van der Waals surface area contributed by atoms with Gasteiger partial charge in [0.2, 0.25) is 0 Å². The molecule has 1 fully saturated rings. The van der Waals surface area contributed by atoms with Crippen LogP contribution in [0.5, 0.6) is 0 Å². The van der Waals surface area contributed by atoms with Crippen molar-refractivity contribution >= 4 is 17.0 Å². The van der Waals surface area contributed by atoms with Gasteiger partial charge in [0.25, 0.3) is 5.24 Å². The Balaban J connectivity index is 2.01. The molecule has 1 aliphatic heterocycles. The summed E-state index contributed by atoms with van der Waals surface area (Å²) in [4.78, 5) is 14.2. The second kappa shape index (κ2) is 5.76. The molecule has 0 aromatic heterocycles. The highest BCUT2D eigenvalue weighted by Gasteiger charge is 2.28. The predicted molar refractivity (Wildman–Crippen MR) is 76.9 cm³/mol. The number of nitrogens with zero attached hydrogens (tertiary/aromatic N) is 1. The summed E-state index contributed by atoms with van der Waals surface area (Å²) in [6, 6.07) is 10.2. The summed E-state index contributed by atoms with van der Waals surface area (Å²) in [5.74, 6) is 0. The normalized spacial score (nSPS) is 16.7. The molecule has 1 heterocycles. The van der Waals surface area contributed by atoms with Crippen molar-refractivity contribution in [2.75, 3.05) is 26.2 Å². The molecule has 0 aliphatic carbocycles. The van der Waals surface area contributed by atoms with Crippen molar-refractivity contribution in [3.05, 3.63) is 35.9 Å². The van der Waals surface area contributed by atoms with Crippen molar-refractivity contribution in [2.45, 2.75) is 18.6 Å². The van der Waals surface area contributed by atoms with Gasteiger partial charge in [-0.15, -0.1) is 0 Å². The summed E-state index contributed by atoms with van der Waals surface area (Å²) in [7, 11) is 0. The third kappa shape index (κ3) is 3.27. The van der Waals surface area contributed by atoms with Gasteiger partial charge in [-0.05, 0) is 19.4 Å². The highest BCUT2D eigenvalue weighted by atomic mass is 32.2. The first-order valence-electron chi connectivity index (χ1n) is 6.34. The molecule has 0 bridgehead atoms. The van der Waals surface area contributed by atoms with Crippen LogP contribution in [0.2, 0.25) is 0 Å². The molecule has 1 aliphatic rings. The van der Waals surface area contributed by atoms with Gasteiger partial charge in [0, 0.05) is 30.9 Å². The number of piperazine rings is 1. The van der Waals surface area contributed by atoms with E-state index in [1.54, 1.807) is 0 Å². The minimum absolute atomic E-state index is 0.177. The number of carbonyl (C=O) groups is 1. The van der Waals surface area contributed by atoms with Gasteiger partial charge in [-0.1, -0.05) is 42.1 Å². The molecule has 18 heavy (non-hydrogen) atoms. The van der Waals surface area contributed by atoms with Gasteiger partial charge in [0.1, 0.15) is 0 Å². The lowest BCUT2D eigenvalue weighted by Gasteiger charge is -2.31. The zero-order chi connectivity index (χ0) is 13.0. The first kappa shape index (κ1) is 13.4. The van der Waals surface area contributed by atoms with Gasteiger partial charge < -0.3 is 10.2 Å². The lowest BCUT2D eigenvalue weighted by molar-refractivity contribution is 0.215. The minimum atomic E-state index is -0.177. The van der Waals surface area contributed by atoms with Crippen LogP contribution in [0.3, 0.4) is 0 Å². The van der Waals surface area contributed by atoms with Crippen molar-refractivity contribution < 1.29 is 4.79 Å². The maximum absolute atomic E-state index is 12.2. The van der Waals surface area contributed by atoms with E-state index in [0.29, 0.717) is 0 Å². The lowest BCUT2D eigenvalue weighted by Crippen LogP contribution is -2.45. The Labute approximate surface area is 113 Å². The van der Waals surface area contributed by atoms with Gasteiger partial charge in [-0.2, -0.15) is 0 Å². The molecule has 1 N–H and O–H groups in total. The first-order chi connectivity index (χ1) is 8.59. The summed E-state index contributed by atoms with van der Waals surface area (Å²) in [5, 5.41) is 3.45. The fourth-order valence-electron chi connectivity index (χ4n) is 2.03. The van der Waals surface area contributed by atoms with Gasteiger partial charge >= 0.3 is 0 Å². The average Bonchev–Trinajstić information content (AvgIpc) is 2.40. The molecule has 1 aromatic carbocycles. The Kier molecular flexibility index (Phi) is 4.30. The minimum Gasteiger partial charge on any atom is -0.331 e. The van der Waals surface area contributed by atoms with Crippen LogP contribution in [-0.4, -0.2) is 36.3 Å². The number of nitrogens with one attached hydrogen (secondary N) is 1. The van der Waals surface area contributed by atoms with E-state index in [1.807, 2.05) is 23.1 Å². The zero-order valence-corrected chi connectivity index (χ0v) is 11.8. The van der Waals surface area contributed by atoms with Crippen molar-refractivity contribution in [3.63, 3.8) is 0 Å². The highest BCUT2D eigenvalue weighted by molar-refractivity contribution is 8.14. The Hall–Kier alpha value is -1.00. The van der Waals surface area contributed by atoms with E-state index in [-0.39, 0.29) is 9.99 Å². The Bertz CT molecular complexity index is 400. The molecule has 0 atom stereocenters. The van der Waals surface area contributed by atoms with Crippen LogP contribution < -0.4 is 5.32 Å². The number of rotatable bonds is 2. The zero-order valence-electron chi connectivity index (χ0n) is 11.0. The fourth-order valence-corrected chi connectivity index (χ4v) is 3.03. The maximum Gasteiger partial charge on any atom is 0.282 e. The molecule has 1 saturated heterocycles. The molecular formula is C14H20N2OS. The standard InChI is InChI=1S/C14H20N2OS/c1-14(2,12-6-4-3-5-7-12)18-13(17)16-10-8-15-9-11-16/h3-7,15H,8-11H2,1-2H3. The maximum atomic E-state index is 12.2. The second-order valence-electron chi connectivity index (χ2n) is 4.98. The van der Waals surface area contributed by atoms with E-state index in [0.717, 1.165) is 26.2 Å². The molecule has 0 unspecified atom stereocenters. The van der Waals surface area contributed by atoms with Crippen LogP contribution in [0.15, 0.2) is 30.3 Å². The highest BCUT2D eigenvalue weighted by Crippen LogP contribution is 2.37. The largest absolute Gasteiger partial charge is 0.331 e. The van der Waals surface area contributed by atoms with Crippen LogP contribution in [0.4, 0.5) is 4.79 Å². The van der Waals surface area contributed by atoms with E-state index >= 15 is 0 Å². The monoisotopic (exact) mass is 264 g/mol. The summed E-state index contributed by atoms with van der Waals surface area (Å²) >= 11 is 1.42. The summed E-state index contributed by atoms with van der Waals surface area (Å²) in [6.45, 7) is 7.64. The Morgan fingerprint density at radius 2 is 1.83 bits per heavy atom. The van der Waals surface area contributed by atoms with Crippen molar-refractivity contribution in [3.8, 4) is 0 Å². The quantitative estimate of drug-likeness (QED) is 0.891. The number of hydrogen-bond acceptors (Lipinski definition) is 3. The van der Waals surface area contributed by atoms with E-state index in [4.69, 9.17) is 0 Å². The smallest absolute Gasteiger partial charge is 0.282 e. The number of carbonyl (C=O) groups excluding carboxylic acids is 1. The third-order valence-corrected chi connectivity index (χ3v) is 4.37. The van der Waals surface area contributed by atoms with Crippen LogP contribution in [0, 0.1) is 0 Å². The Morgan fingerprint density at radius 1 is 1.22 bits per heavy atom. The molecule has 2 rings (SSSR count). The average molecular weight is 264 g/mol. The summed E-state index contributed by atoms with van der Waals surface area (Å²) in [5.41, 5.74) is 1.19. The number of benzene rings is 1. The van der Waals surface area contributed by atoms with E-state index in [9.17, 15) is 4.79 Å². The number of hydrogen-bond donors (Lipinski definition) is 1. The number of amides is 1. The molecule has 0 saturated carbocycles. The number of thioether (sulfide) groups is 1. The molecule has 98 valence electrons. The fraction of sp³-hybridized carbons (Fsp3) is 0.500.